The normalized spacial score (nSPS) is 16.4. The molecular formula is C27H42N4O3. The lowest BCUT2D eigenvalue weighted by Crippen LogP contribution is -2.44. The van der Waals surface area contributed by atoms with E-state index in [0.29, 0.717) is 6.42 Å². The van der Waals surface area contributed by atoms with Crippen LogP contribution in [0.3, 0.4) is 0 Å². The highest BCUT2D eigenvalue weighted by Crippen LogP contribution is 2.24. The molecule has 1 aliphatic rings. The summed E-state index contributed by atoms with van der Waals surface area (Å²) in [5.41, 5.74) is 8.13. The Morgan fingerprint density at radius 1 is 0.853 bits per heavy atom. The van der Waals surface area contributed by atoms with Gasteiger partial charge in [-0.05, 0) is 49.9 Å². The summed E-state index contributed by atoms with van der Waals surface area (Å²) in [5, 5.41) is 2.36. The molecule has 1 fully saturated rings. The maximum absolute atomic E-state index is 12.9. The second-order valence-electron chi connectivity index (χ2n) is 9.78. The summed E-state index contributed by atoms with van der Waals surface area (Å²) in [5.74, 6) is -0.664. The number of carbonyl (C=O) groups is 2. The molecule has 0 saturated carbocycles. The number of unbranched alkanes of at least 4 members (excludes halogenated alkanes) is 11. The first-order valence-corrected chi connectivity index (χ1v) is 13.3. The van der Waals surface area contributed by atoms with Gasteiger partial charge in [-0.15, -0.1) is 0 Å². The molecule has 1 unspecified atom stereocenters. The van der Waals surface area contributed by atoms with Crippen LogP contribution in [0.25, 0.3) is 11.0 Å². The van der Waals surface area contributed by atoms with E-state index in [1.54, 1.807) is 16.2 Å². The number of imide groups is 1. The number of nitrogens with one attached hydrogen (secondary N) is 1. The van der Waals surface area contributed by atoms with Crippen LogP contribution in [0, 0.1) is 0 Å². The lowest BCUT2D eigenvalue weighted by atomic mass is 10.0. The van der Waals surface area contributed by atoms with Crippen molar-refractivity contribution in [1.82, 2.24) is 14.5 Å². The molecule has 2 aromatic rings. The number of aromatic nitrogens is 2. The van der Waals surface area contributed by atoms with Gasteiger partial charge in [0.15, 0.2) is 0 Å². The number of piperidine rings is 1. The van der Waals surface area contributed by atoms with E-state index >= 15 is 0 Å². The third-order valence-electron chi connectivity index (χ3n) is 7.10. The standard InChI is InChI=1S/C27H42N4O3/c1-30-24-20-21(14-12-10-8-6-4-2-3-5-7-9-11-13-19-28)15-16-22(24)31(27(30)34)23-17-18-25(32)29-26(23)33/h15-16,20,23H,2-14,17-19,28H2,1H3,(H,29,32,33). The van der Waals surface area contributed by atoms with Gasteiger partial charge in [-0.25, -0.2) is 4.79 Å². The van der Waals surface area contributed by atoms with Crippen molar-refractivity contribution < 1.29 is 9.59 Å². The largest absolute Gasteiger partial charge is 0.330 e. The number of hydrogen-bond donors (Lipinski definition) is 2. The molecule has 0 spiro atoms. The molecule has 1 aromatic carbocycles. The van der Waals surface area contributed by atoms with E-state index in [9.17, 15) is 14.4 Å². The Morgan fingerprint density at radius 3 is 2.03 bits per heavy atom. The predicted molar refractivity (Wildman–Crippen MR) is 137 cm³/mol. The van der Waals surface area contributed by atoms with E-state index in [4.69, 9.17) is 5.73 Å². The van der Waals surface area contributed by atoms with Gasteiger partial charge in [-0.2, -0.15) is 0 Å². The van der Waals surface area contributed by atoms with Crippen LogP contribution in [0.15, 0.2) is 23.0 Å². The molecule has 3 rings (SSSR count). The van der Waals surface area contributed by atoms with Crippen LogP contribution in [0.5, 0.6) is 0 Å². The number of fused-ring (bicyclic) bond motifs is 1. The molecular weight excluding hydrogens is 428 g/mol. The zero-order valence-corrected chi connectivity index (χ0v) is 20.8. The number of rotatable bonds is 15. The average molecular weight is 471 g/mol. The smallest absolute Gasteiger partial charge is 0.329 e. The molecule has 3 N–H and O–H groups in total. The molecule has 34 heavy (non-hydrogen) atoms. The fraction of sp³-hybridized carbons (Fsp3) is 0.667. The zero-order chi connectivity index (χ0) is 24.3. The Balaban J connectivity index is 1.40. The Labute approximate surface area is 203 Å². The van der Waals surface area contributed by atoms with Gasteiger partial charge in [-0.3, -0.25) is 24.0 Å². The van der Waals surface area contributed by atoms with Crippen LogP contribution in [-0.4, -0.2) is 27.5 Å². The van der Waals surface area contributed by atoms with Crippen molar-refractivity contribution in [3.05, 3.63) is 34.2 Å². The highest BCUT2D eigenvalue weighted by molar-refractivity contribution is 6.00. The van der Waals surface area contributed by atoms with Crippen molar-refractivity contribution >= 4 is 22.8 Å². The minimum absolute atomic E-state index is 0.211. The molecule has 7 nitrogen and oxygen atoms in total. The van der Waals surface area contributed by atoms with Crippen LogP contribution in [0.2, 0.25) is 0 Å². The number of benzene rings is 1. The summed E-state index contributed by atoms with van der Waals surface area (Å²) in [6.45, 7) is 0.826. The van der Waals surface area contributed by atoms with Crippen molar-refractivity contribution in [1.29, 1.82) is 0 Å². The van der Waals surface area contributed by atoms with E-state index in [2.05, 4.69) is 17.4 Å². The van der Waals surface area contributed by atoms with Crippen LogP contribution in [-0.2, 0) is 23.1 Å². The third kappa shape index (κ3) is 7.05. The third-order valence-corrected chi connectivity index (χ3v) is 7.10. The number of nitrogens with two attached hydrogens (primary N) is 1. The lowest BCUT2D eigenvalue weighted by Gasteiger charge is -2.21. The molecule has 1 atom stereocenters. The van der Waals surface area contributed by atoms with Gasteiger partial charge in [0.2, 0.25) is 11.8 Å². The van der Waals surface area contributed by atoms with Crippen molar-refractivity contribution in [2.45, 2.75) is 102 Å². The van der Waals surface area contributed by atoms with Crippen molar-refractivity contribution in [2.75, 3.05) is 6.54 Å². The summed E-state index contributed by atoms with van der Waals surface area (Å²) < 4.78 is 3.15. The number of imidazole rings is 1. The van der Waals surface area contributed by atoms with E-state index in [1.807, 2.05) is 6.07 Å². The molecule has 0 aliphatic carbocycles. The minimum Gasteiger partial charge on any atom is -0.330 e. The van der Waals surface area contributed by atoms with Crippen LogP contribution in [0.4, 0.5) is 0 Å². The quantitative estimate of drug-likeness (QED) is 0.296. The topological polar surface area (TPSA) is 99.1 Å². The number of amides is 2. The maximum atomic E-state index is 12.9. The first-order valence-electron chi connectivity index (χ1n) is 13.3. The second-order valence-corrected chi connectivity index (χ2v) is 9.78. The molecule has 2 amide bonds. The van der Waals surface area contributed by atoms with Crippen LogP contribution in [0.1, 0.15) is 101 Å². The van der Waals surface area contributed by atoms with Crippen LogP contribution >= 0.6 is 0 Å². The lowest BCUT2D eigenvalue weighted by molar-refractivity contribution is -0.135. The van der Waals surface area contributed by atoms with E-state index in [-0.39, 0.29) is 18.0 Å². The highest BCUT2D eigenvalue weighted by Gasteiger charge is 2.31. The fourth-order valence-corrected chi connectivity index (χ4v) is 5.04. The molecule has 1 aliphatic heterocycles. The first kappa shape index (κ1) is 26.2. The summed E-state index contributed by atoms with van der Waals surface area (Å²) >= 11 is 0. The Bertz CT molecular complexity index is 1010. The van der Waals surface area contributed by atoms with Crippen molar-refractivity contribution in [3.8, 4) is 0 Å². The van der Waals surface area contributed by atoms with Gasteiger partial charge in [0.05, 0.1) is 11.0 Å². The maximum Gasteiger partial charge on any atom is 0.329 e. The van der Waals surface area contributed by atoms with Gasteiger partial charge >= 0.3 is 5.69 Å². The summed E-state index contributed by atoms with van der Waals surface area (Å²) in [4.78, 5) is 36.7. The fourth-order valence-electron chi connectivity index (χ4n) is 5.04. The molecule has 0 radical (unpaired) electrons. The molecule has 1 aromatic heterocycles. The number of hydrogen-bond acceptors (Lipinski definition) is 4. The van der Waals surface area contributed by atoms with E-state index in [1.165, 1.54) is 76.2 Å². The van der Waals surface area contributed by atoms with Crippen LogP contribution < -0.4 is 16.7 Å². The number of aryl methyl sites for hydroxylation is 2. The van der Waals surface area contributed by atoms with Gasteiger partial charge in [0.1, 0.15) is 6.04 Å². The molecule has 0 bridgehead atoms. The zero-order valence-electron chi connectivity index (χ0n) is 20.8. The second kappa shape index (κ2) is 13.5. The summed E-state index contributed by atoms with van der Waals surface area (Å²) in [6, 6.07) is 5.46. The highest BCUT2D eigenvalue weighted by atomic mass is 16.2. The number of nitrogens with zero attached hydrogens (tertiary/aromatic N) is 2. The molecule has 1 saturated heterocycles. The van der Waals surface area contributed by atoms with E-state index in [0.717, 1.165) is 30.4 Å². The van der Waals surface area contributed by atoms with Gasteiger partial charge in [0, 0.05) is 13.5 Å². The minimum atomic E-state index is -0.629. The van der Waals surface area contributed by atoms with Crippen molar-refractivity contribution in [3.63, 3.8) is 0 Å². The summed E-state index contributed by atoms with van der Waals surface area (Å²) in [7, 11) is 1.75. The van der Waals surface area contributed by atoms with Gasteiger partial charge in [-0.1, -0.05) is 70.3 Å². The van der Waals surface area contributed by atoms with E-state index < -0.39 is 11.9 Å². The molecule has 188 valence electrons. The predicted octanol–water partition coefficient (Wildman–Crippen LogP) is 4.50. The monoisotopic (exact) mass is 470 g/mol. The Hall–Kier alpha value is -2.41. The Kier molecular flexibility index (Phi) is 10.4. The van der Waals surface area contributed by atoms with Crippen molar-refractivity contribution in [2.24, 2.45) is 12.8 Å². The first-order chi connectivity index (χ1) is 16.5. The summed E-state index contributed by atoms with van der Waals surface area (Å²) in [6.07, 6.45) is 17.1. The van der Waals surface area contributed by atoms with Gasteiger partial charge < -0.3 is 5.73 Å². The SMILES string of the molecule is Cn1c(=O)n(C2CCC(=O)NC2=O)c2ccc(CCCCCCCCCCCCCCN)cc21. The average Bonchev–Trinajstić information content (AvgIpc) is 3.07. The molecule has 7 heteroatoms. The van der Waals surface area contributed by atoms with Gasteiger partial charge in [0.25, 0.3) is 0 Å². The number of carbonyl (C=O) groups excluding carboxylic acids is 2. The molecule has 2 heterocycles. The Morgan fingerprint density at radius 2 is 1.44 bits per heavy atom.